The highest BCUT2D eigenvalue weighted by Crippen LogP contribution is 2.15. The van der Waals surface area contributed by atoms with E-state index in [4.69, 9.17) is 0 Å². The number of nitrogens with one attached hydrogen (secondary N) is 2. The van der Waals surface area contributed by atoms with Gasteiger partial charge < -0.3 is 10.3 Å². The lowest BCUT2D eigenvalue weighted by atomic mass is 10.3. The lowest BCUT2D eigenvalue weighted by Crippen LogP contribution is -2.14. The molecule has 0 aliphatic heterocycles. The van der Waals surface area contributed by atoms with Gasteiger partial charge in [0.25, 0.3) is 0 Å². The van der Waals surface area contributed by atoms with Gasteiger partial charge in [0.2, 0.25) is 5.91 Å². The van der Waals surface area contributed by atoms with Gasteiger partial charge in [-0.1, -0.05) is 12.1 Å². The van der Waals surface area contributed by atoms with Gasteiger partial charge in [0.05, 0.1) is 22.5 Å². The molecule has 6 heteroatoms. The van der Waals surface area contributed by atoms with Crippen LogP contribution < -0.4 is 5.32 Å². The van der Waals surface area contributed by atoms with Crippen LogP contribution in [0.25, 0.3) is 11.0 Å². The van der Waals surface area contributed by atoms with Crippen molar-refractivity contribution in [1.82, 2.24) is 9.97 Å². The summed E-state index contributed by atoms with van der Waals surface area (Å²) >= 11 is 1.47. The zero-order valence-electron chi connectivity index (χ0n) is 11.7. The summed E-state index contributed by atoms with van der Waals surface area (Å²) in [6, 6.07) is 13.5. The minimum absolute atomic E-state index is 0.118. The molecule has 0 saturated carbocycles. The molecule has 0 bridgehead atoms. The number of H-pyrrole nitrogens is 1. The van der Waals surface area contributed by atoms with E-state index in [2.05, 4.69) is 15.3 Å². The van der Waals surface area contributed by atoms with Crippen LogP contribution in [0.4, 0.5) is 10.1 Å². The molecular weight excluding hydrogens is 301 g/mol. The van der Waals surface area contributed by atoms with Crippen LogP contribution in [0.15, 0.2) is 48.5 Å². The van der Waals surface area contributed by atoms with Gasteiger partial charge in [0.15, 0.2) is 0 Å². The van der Waals surface area contributed by atoms with Crippen LogP contribution in [0.2, 0.25) is 0 Å². The predicted octanol–water partition coefficient (Wildman–Crippen LogP) is 3.57. The third kappa shape index (κ3) is 3.65. The molecule has 112 valence electrons. The fourth-order valence-electron chi connectivity index (χ4n) is 2.04. The number of hydrogen-bond acceptors (Lipinski definition) is 3. The van der Waals surface area contributed by atoms with Crippen molar-refractivity contribution in [3.05, 3.63) is 60.2 Å². The highest BCUT2D eigenvalue weighted by atomic mass is 32.2. The number of amides is 1. The summed E-state index contributed by atoms with van der Waals surface area (Å²) in [6.45, 7) is 0. The zero-order chi connectivity index (χ0) is 15.4. The Morgan fingerprint density at radius 2 is 1.95 bits per heavy atom. The van der Waals surface area contributed by atoms with Crippen LogP contribution in [0.3, 0.4) is 0 Å². The number of anilines is 1. The lowest BCUT2D eigenvalue weighted by Gasteiger charge is -2.04. The molecule has 1 heterocycles. The van der Waals surface area contributed by atoms with Crippen LogP contribution in [0.1, 0.15) is 5.82 Å². The second-order valence-corrected chi connectivity index (χ2v) is 5.73. The maximum atomic E-state index is 12.8. The monoisotopic (exact) mass is 315 g/mol. The van der Waals surface area contributed by atoms with Gasteiger partial charge >= 0.3 is 0 Å². The average Bonchev–Trinajstić information content (AvgIpc) is 2.92. The standard InChI is InChI=1S/C16H14FN3OS/c17-11-5-7-12(8-6-11)18-16(21)10-22-9-15-19-13-3-1-2-4-14(13)20-15/h1-8H,9-10H2,(H,18,21)(H,19,20). The highest BCUT2D eigenvalue weighted by Gasteiger charge is 2.06. The van der Waals surface area contributed by atoms with Crippen molar-refractivity contribution in [2.24, 2.45) is 0 Å². The number of carbonyl (C=O) groups is 1. The number of nitrogens with zero attached hydrogens (tertiary/aromatic N) is 1. The van der Waals surface area contributed by atoms with E-state index >= 15 is 0 Å². The number of halogens is 1. The molecule has 1 amide bonds. The van der Waals surface area contributed by atoms with Gasteiger partial charge in [-0.05, 0) is 36.4 Å². The molecule has 0 unspecified atom stereocenters. The largest absolute Gasteiger partial charge is 0.341 e. The van der Waals surface area contributed by atoms with E-state index in [0.29, 0.717) is 17.2 Å². The Balaban J connectivity index is 1.49. The van der Waals surface area contributed by atoms with Gasteiger partial charge in [-0.15, -0.1) is 11.8 Å². The van der Waals surface area contributed by atoms with E-state index in [1.807, 2.05) is 24.3 Å². The predicted molar refractivity (Wildman–Crippen MR) is 87.3 cm³/mol. The number of aromatic amines is 1. The summed E-state index contributed by atoms with van der Waals surface area (Å²) in [4.78, 5) is 19.5. The number of para-hydroxylation sites is 2. The van der Waals surface area contributed by atoms with Crippen LogP contribution in [-0.2, 0) is 10.5 Å². The smallest absolute Gasteiger partial charge is 0.234 e. The molecule has 3 rings (SSSR count). The SMILES string of the molecule is O=C(CSCc1nc2ccccc2[nH]1)Nc1ccc(F)cc1. The maximum Gasteiger partial charge on any atom is 0.234 e. The summed E-state index contributed by atoms with van der Waals surface area (Å²) in [5.74, 6) is 1.35. The molecule has 1 aromatic heterocycles. The number of imidazole rings is 1. The first kappa shape index (κ1) is 14.6. The molecule has 0 atom stereocenters. The second kappa shape index (κ2) is 6.62. The van der Waals surface area contributed by atoms with Crippen LogP contribution >= 0.6 is 11.8 Å². The summed E-state index contributed by atoms with van der Waals surface area (Å²) in [5, 5.41) is 2.72. The molecule has 2 aromatic carbocycles. The van der Waals surface area contributed by atoms with Crippen molar-refractivity contribution in [2.45, 2.75) is 5.75 Å². The molecule has 0 aliphatic carbocycles. The second-order valence-electron chi connectivity index (χ2n) is 4.75. The fourth-order valence-corrected chi connectivity index (χ4v) is 2.73. The van der Waals surface area contributed by atoms with Crippen molar-refractivity contribution in [1.29, 1.82) is 0 Å². The number of carbonyl (C=O) groups excluding carboxylic acids is 1. The first-order valence-electron chi connectivity index (χ1n) is 6.77. The molecule has 0 saturated heterocycles. The molecular formula is C16H14FN3OS. The molecule has 0 aliphatic rings. The van der Waals surface area contributed by atoms with E-state index in [0.717, 1.165) is 16.9 Å². The number of rotatable bonds is 5. The van der Waals surface area contributed by atoms with Crippen molar-refractivity contribution < 1.29 is 9.18 Å². The first-order valence-corrected chi connectivity index (χ1v) is 7.93. The van der Waals surface area contributed by atoms with E-state index in [1.165, 1.54) is 36.0 Å². The van der Waals surface area contributed by atoms with E-state index in [9.17, 15) is 9.18 Å². The lowest BCUT2D eigenvalue weighted by molar-refractivity contribution is -0.113. The molecule has 2 N–H and O–H groups in total. The van der Waals surface area contributed by atoms with Crippen LogP contribution in [0, 0.1) is 5.82 Å². The number of hydrogen-bond donors (Lipinski definition) is 2. The molecule has 22 heavy (non-hydrogen) atoms. The third-order valence-electron chi connectivity index (χ3n) is 3.04. The van der Waals surface area contributed by atoms with E-state index in [-0.39, 0.29) is 11.7 Å². The molecule has 0 fully saturated rings. The minimum Gasteiger partial charge on any atom is -0.341 e. The average molecular weight is 315 g/mol. The van der Waals surface area contributed by atoms with Gasteiger partial charge in [-0.2, -0.15) is 0 Å². The van der Waals surface area contributed by atoms with Crippen LogP contribution in [0.5, 0.6) is 0 Å². The Labute approximate surface area is 131 Å². The summed E-state index contributed by atoms with van der Waals surface area (Å²) in [6.07, 6.45) is 0. The summed E-state index contributed by atoms with van der Waals surface area (Å²) in [7, 11) is 0. The Hall–Kier alpha value is -2.34. The number of benzene rings is 2. The van der Waals surface area contributed by atoms with Gasteiger partial charge in [-0.3, -0.25) is 4.79 Å². The summed E-state index contributed by atoms with van der Waals surface area (Å²) in [5.41, 5.74) is 2.51. The molecule has 4 nitrogen and oxygen atoms in total. The Morgan fingerprint density at radius 3 is 2.73 bits per heavy atom. The van der Waals surface area contributed by atoms with E-state index in [1.54, 1.807) is 0 Å². The minimum atomic E-state index is -0.322. The van der Waals surface area contributed by atoms with Crippen molar-refractivity contribution in [3.8, 4) is 0 Å². The number of aromatic nitrogens is 2. The third-order valence-corrected chi connectivity index (χ3v) is 3.98. The van der Waals surface area contributed by atoms with Gasteiger partial charge in [0, 0.05) is 5.69 Å². The molecule has 3 aromatic rings. The van der Waals surface area contributed by atoms with Crippen molar-refractivity contribution in [3.63, 3.8) is 0 Å². The number of fused-ring (bicyclic) bond motifs is 1. The maximum absolute atomic E-state index is 12.8. The van der Waals surface area contributed by atoms with Crippen molar-refractivity contribution in [2.75, 3.05) is 11.1 Å². The first-order chi connectivity index (χ1) is 10.7. The van der Waals surface area contributed by atoms with Crippen molar-refractivity contribution >= 4 is 34.4 Å². The highest BCUT2D eigenvalue weighted by molar-refractivity contribution is 7.99. The zero-order valence-corrected chi connectivity index (χ0v) is 12.5. The molecule has 0 radical (unpaired) electrons. The van der Waals surface area contributed by atoms with E-state index < -0.39 is 0 Å². The Kier molecular flexibility index (Phi) is 4.39. The Bertz CT molecular complexity index is 752. The summed E-state index contributed by atoms with van der Waals surface area (Å²) < 4.78 is 12.8. The fraction of sp³-hybridized carbons (Fsp3) is 0.125. The number of thioether (sulfide) groups is 1. The molecule has 0 spiro atoms. The topological polar surface area (TPSA) is 57.8 Å². The van der Waals surface area contributed by atoms with Gasteiger partial charge in [-0.25, -0.2) is 9.37 Å². The Morgan fingerprint density at radius 1 is 1.18 bits per heavy atom. The normalized spacial score (nSPS) is 10.8. The quantitative estimate of drug-likeness (QED) is 0.756. The van der Waals surface area contributed by atoms with Crippen LogP contribution in [-0.4, -0.2) is 21.6 Å². The van der Waals surface area contributed by atoms with Gasteiger partial charge in [0.1, 0.15) is 11.6 Å².